The smallest absolute Gasteiger partial charge is 0.233 e. The molecule has 0 unspecified atom stereocenters. The summed E-state index contributed by atoms with van der Waals surface area (Å²) in [4.78, 5) is 14.5. The van der Waals surface area contributed by atoms with Crippen LogP contribution in [-0.4, -0.2) is 42.1 Å². The molecule has 0 saturated carbocycles. The summed E-state index contributed by atoms with van der Waals surface area (Å²) in [5, 5.41) is 7.95. The SMILES string of the molecule is CNC(=O)CN1C[C@@H](c2ccccc2)[C@@H]2NCCc3c2n(c2ccccc32)C1. The molecule has 144 valence electrons. The van der Waals surface area contributed by atoms with E-state index in [2.05, 4.69) is 74.7 Å². The van der Waals surface area contributed by atoms with Crippen LogP contribution in [0.4, 0.5) is 0 Å². The van der Waals surface area contributed by atoms with E-state index >= 15 is 0 Å². The second kappa shape index (κ2) is 7.08. The van der Waals surface area contributed by atoms with Crippen molar-refractivity contribution in [3.8, 4) is 0 Å². The van der Waals surface area contributed by atoms with Crippen molar-refractivity contribution in [2.75, 3.05) is 26.7 Å². The second-order valence-electron chi connectivity index (χ2n) is 7.83. The van der Waals surface area contributed by atoms with Gasteiger partial charge in [-0.15, -0.1) is 0 Å². The number of rotatable bonds is 3. The second-order valence-corrected chi connectivity index (χ2v) is 7.83. The maximum Gasteiger partial charge on any atom is 0.233 e. The van der Waals surface area contributed by atoms with Gasteiger partial charge in [-0.3, -0.25) is 9.69 Å². The fourth-order valence-electron chi connectivity index (χ4n) is 4.98. The molecule has 2 N–H and O–H groups in total. The Morgan fingerprint density at radius 2 is 1.93 bits per heavy atom. The van der Waals surface area contributed by atoms with Crippen molar-refractivity contribution < 1.29 is 4.79 Å². The van der Waals surface area contributed by atoms with Gasteiger partial charge in [0.15, 0.2) is 0 Å². The van der Waals surface area contributed by atoms with Crippen LogP contribution in [-0.2, 0) is 17.9 Å². The van der Waals surface area contributed by atoms with Gasteiger partial charge in [-0.1, -0.05) is 48.5 Å². The molecule has 28 heavy (non-hydrogen) atoms. The summed E-state index contributed by atoms with van der Waals surface area (Å²) in [6.45, 7) is 2.99. The molecule has 5 nitrogen and oxygen atoms in total. The van der Waals surface area contributed by atoms with Gasteiger partial charge < -0.3 is 15.2 Å². The van der Waals surface area contributed by atoms with Crippen LogP contribution >= 0.6 is 0 Å². The van der Waals surface area contributed by atoms with Crippen LogP contribution in [0.3, 0.4) is 0 Å². The zero-order chi connectivity index (χ0) is 19.1. The van der Waals surface area contributed by atoms with Gasteiger partial charge in [0.2, 0.25) is 5.91 Å². The minimum atomic E-state index is 0.0614. The molecule has 3 heterocycles. The van der Waals surface area contributed by atoms with Crippen molar-refractivity contribution in [1.29, 1.82) is 0 Å². The molecule has 1 amide bonds. The topological polar surface area (TPSA) is 49.3 Å². The highest BCUT2D eigenvalue weighted by molar-refractivity contribution is 5.86. The molecule has 0 aliphatic carbocycles. The zero-order valence-electron chi connectivity index (χ0n) is 16.2. The highest BCUT2D eigenvalue weighted by atomic mass is 16.1. The molecule has 2 aromatic carbocycles. The monoisotopic (exact) mass is 374 g/mol. The molecule has 0 bridgehead atoms. The van der Waals surface area contributed by atoms with Crippen molar-refractivity contribution >= 4 is 16.8 Å². The quantitative estimate of drug-likeness (QED) is 0.741. The van der Waals surface area contributed by atoms with Gasteiger partial charge in [0, 0.05) is 36.1 Å². The number of likely N-dealkylation sites (N-methyl/N-ethyl adjacent to an activating group) is 1. The maximum absolute atomic E-state index is 12.2. The lowest BCUT2D eigenvalue weighted by Gasteiger charge is -2.32. The van der Waals surface area contributed by atoms with Crippen molar-refractivity contribution in [3.05, 3.63) is 71.4 Å². The first kappa shape index (κ1) is 17.5. The van der Waals surface area contributed by atoms with Crippen LogP contribution in [0.25, 0.3) is 10.9 Å². The summed E-state index contributed by atoms with van der Waals surface area (Å²) in [7, 11) is 1.71. The molecule has 2 aliphatic rings. The number of para-hydroxylation sites is 1. The number of hydrogen-bond donors (Lipinski definition) is 2. The van der Waals surface area contributed by atoms with Gasteiger partial charge in [-0.2, -0.15) is 0 Å². The molecule has 5 heteroatoms. The van der Waals surface area contributed by atoms with Crippen LogP contribution < -0.4 is 10.6 Å². The number of nitrogens with one attached hydrogen (secondary N) is 2. The van der Waals surface area contributed by atoms with Crippen LogP contribution in [0.1, 0.15) is 28.8 Å². The Morgan fingerprint density at radius 1 is 1.14 bits per heavy atom. The largest absolute Gasteiger partial charge is 0.358 e. The molecular weight excluding hydrogens is 348 g/mol. The zero-order valence-corrected chi connectivity index (χ0v) is 16.2. The number of fused-ring (bicyclic) bond motifs is 3. The Balaban J connectivity index is 1.68. The summed E-state index contributed by atoms with van der Waals surface area (Å²) in [6.07, 6.45) is 1.05. The Morgan fingerprint density at radius 3 is 2.75 bits per heavy atom. The van der Waals surface area contributed by atoms with E-state index in [4.69, 9.17) is 0 Å². The predicted molar refractivity (Wildman–Crippen MR) is 111 cm³/mol. The van der Waals surface area contributed by atoms with Crippen LogP contribution in [0.5, 0.6) is 0 Å². The fourth-order valence-corrected chi connectivity index (χ4v) is 4.98. The standard InChI is InChI=1S/C23H26N4O/c1-24-21(28)14-26-13-19(16-7-3-2-4-8-16)22-23-18(11-12-25-22)17-9-5-6-10-20(17)27(23)15-26/h2-10,19,22,25H,11-15H2,1H3,(H,24,28)/t19-,22-/m0/s1. The van der Waals surface area contributed by atoms with E-state index in [1.807, 2.05) is 0 Å². The normalized spacial score (nSPS) is 21.9. The summed E-state index contributed by atoms with van der Waals surface area (Å²) in [5.74, 6) is 0.363. The van der Waals surface area contributed by atoms with Crippen molar-refractivity contribution in [1.82, 2.24) is 20.1 Å². The van der Waals surface area contributed by atoms with Crippen molar-refractivity contribution in [2.45, 2.75) is 25.0 Å². The van der Waals surface area contributed by atoms with E-state index in [1.165, 1.54) is 27.7 Å². The number of hydrogen-bond acceptors (Lipinski definition) is 3. The summed E-state index contributed by atoms with van der Waals surface area (Å²) in [5.41, 5.74) is 5.48. The third kappa shape index (κ3) is 2.82. The number of nitrogens with zero attached hydrogens (tertiary/aromatic N) is 2. The van der Waals surface area contributed by atoms with E-state index in [0.717, 1.165) is 26.2 Å². The number of aromatic nitrogens is 1. The number of carbonyl (C=O) groups is 1. The van der Waals surface area contributed by atoms with Crippen molar-refractivity contribution in [3.63, 3.8) is 0 Å². The average molecular weight is 374 g/mol. The number of amides is 1. The highest BCUT2D eigenvalue weighted by Gasteiger charge is 2.37. The van der Waals surface area contributed by atoms with Crippen LogP contribution in [0.2, 0.25) is 0 Å². The fraction of sp³-hybridized carbons (Fsp3) is 0.348. The summed E-state index contributed by atoms with van der Waals surface area (Å²) >= 11 is 0. The first-order valence-corrected chi connectivity index (χ1v) is 10.1. The number of benzene rings is 2. The molecule has 0 spiro atoms. The summed E-state index contributed by atoms with van der Waals surface area (Å²) in [6, 6.07) is 19.7. The van der Waals surface area contributed by atoms with Gasteiger partial charge in [0.1, 0.15) is 0 Å². The average Bonchev–Trinajstić information content (AvgIpc) is 2.96. The molecule has 5 rings (SSSR count). The van der Waals surface area contributed by atoms with E-state index < -0.39 is 0 Å². The maximum atomic E-state index is 12.2. The molecule has 2 atom stereocenters. The first-order chi connectivity index (χ1) is 13.8. The van der Waals surface area contributed by atoms with E-state index in [0.29, 0.717) is 12.5 Å². The Labute approximate surface area is 165 Å². The van der Waals surface area contributed by atoms with Gasteiger partial charge in [-0.25, -0.2) is 0 Å². The molecule has 2 aliphatic heterocycles. The molecule has 0 radical (unpaired) electrons. The molecule has 1 aromatic heterocycles. The lowest BCUT2D eigenvalue weighted by molar-refractivity contribution is -0.122. The summed E-state index contributed by atoms with van der Waals surface area (Å²) < 4.78 is 2.44. The van der Waals surface area contributed by atoms with Gasteiger partial charge in [0.25, 0.3) is 0 Å². The number of carbonyl (C=O) groups excluding carboxylic acids is 1. The van der Waals surface area contributed by atoms with E-state index in [-0.39, 0.29) is 11.9 Å². The Kier molecular flexibility index (Phi) is 4.41. The molecule has 0 fully saturated rings. The molecular formula is C23H26N4O. The highest BCUT2D eigenvalue weighted by Crippen LogP contribution is 2.42. The van der Waals surface area contributed by atoms with Crippen LogP contribution in [0, 0.1) is 0 Å². The minimum absolute atomic E-state index is 0.0614. The lowest BCUT2D eigenvalue weighted by Crippen LogP contribution is -2.39. The van der Waals surface area contributed by atoms with Gasteiger partial charge in [-0.05, 0) is 30.2 Å². The molecule has 3 aromatic rings. The predicted octanol–water partition coefficient (Wildman–Crippen LogP) is 2.63. The first-order valence-electron chi connectivity index (χ1n) is 10.1. The van der Waals surface area contributed by atoms with E-state index in [1.54, 1.807) is 7.05 Å². The van der Waals surface area contributed by atoms with Crippen LogP contribution in [0.15, 0.2) is 54.6 Å². The minimum Gasteiger partial charge on any atom is -0.358 e. The van der Waals surface area contributed by atoms with Crippen molar-refractivity contribution in [2.24, 2.45) is 0 Å². The molecule has 0 saturated heterocycles. The Bertz CT molecular complexity index is 1010. The van der Waals surface area contributed by atoms with Gasteiger partial charge in [0.05, 0.1) is 19.3 Å². The van der Waals surface area contributed by atoms with Gasteiger partial charge >= 0.3 is 0 Å². The Hall–Kier alpha value is -2.63. The third-order valence-corrected chi connectivity index (χ3v) is 6.23. The third-order valence-electron chi connectivity index (χ3n) is 6.23. The lowest BCUT2D eigenvalue weighted by atomic mass is 9.85. The van der Waals surface area contributed by atoms with E-state index in [9.17, 15) is 4.79 Å².